The van der Waals surface area contributed by atoms with E-state index in [0.29, 0.717) is 36.8 Å². The highest BCUT2D eigenvalue weighted by molar-refractivity contribution is 7.90. The van der Waals surface area contributed by atoms with Gasteiger partial charge in [0.05, 0.1) is 17.9 Å². The third-order valence-corrected chi connectivity index (χ3v) is 4.00. The van der Waals surface area contributed by atoms with Gasteiger partial charge in [-0.25, -0.2) is 13.4 Å². The van der Waals surface area contributed by atoms with E-state index in [4.69, 9.17) is 10.5 Å². The largest absolute Gasteiger partial charge is 0.492 e. The molecule has 110 valence electrons. The Morgan fingerprint density at radius 1 is 1.40 bits per heavy atom. The Labute approximate surface area is 118 Å². The average Bonchev–Trinajstić information content (AvgIpc) is 2.66. The van der Waals surface area contributed by atoms with Crippen LogP contribution >= 0.6 is 0 Å². The van der Waals surface area contributed by atoms with Crippen molar-refractivity contribution in [2.24, 2.45) is 0 Å². The Morgan fingerprint density at radius 2 is 2.15 bits per heavy atom. The molecule has 20 heavy (non-hydrogen) atoms. The van der Waals surface area contributed by atoms with E-state index in [1.165, 1.54) is 6.26 Å². The van der Waals surface area contributed by atoms with Crippen LogP contribution in [-0.4, -0.2) is 36.6 Å². The number of nitrogens with zero attached hydrogens (tertiary/aromatic N) is 2. The molecule has 0 aliphatic carbocycles. The summed E-state index contributed by atoms with van der Waals surface area (Å²) in [5, 5.41) is 0. The number of imidazole rings is 1. The van der Waals surface area contributed by atoms with Crippen LogP contribution in [0.5, 0.6) is 5.75 Å². The molecule has 0 bridgehead atoms. The van der Waals surface area contributed by atoms with Crippen molar-refractivity contribution >= 4 is 26.8 Å². The molecule has 0 saturated heterocycles. The summed E-state index contributed by atoms with van der Waals surface area (Å²) >= 11 is 0. The number of benzene rings is 1. The Hall–Kier alpha value is -1.76. The Kier molecular flexibility index (Phi) is 4.17. The van der Waals surface area contributed by atoms with E-state index < -0.39 is 9.84 Å². The fraction of sp³-hybridized carbons (Fsp3) is 0.462. The third-order valence-electron chi connectivity index (χ3n) is 2.97. The quantitative estimate of drug-likeness (QED) is 0.872. The Bertz CT molecular complexity index is 707. The Balaban J connectivity index is 2.29. The van der Waals surface area contributed by atoms with E-state index in [1.807, 2.05) is 29.7 Å². The average molecular weight is 297 g/mol. The van der Waals surface area contributed by atoms with Gasteiger partial charge < -0.3 is 15.0 Å². The topological polar surface area (TPSA) is 87.2 Å². The van der Waals surface area contributed by atoms with Crippen molar-refractivity contribution in [1.82, 2.24) is 9.55 Å². The van der Waals surface area contributed by atoms with Gasteiger partial charge in [0.15, 0.2) is 0 Å². The summed E-state index contributed by atoms with van der Waals surface area (Å²) in [6, 6.07) is 5.63. The summed E-state index contributed by atoms with van der Waals surface area (Å²) in [6.07, 6.45) is 1.74. The molecule has 0 spiro atoms. The van der Waals surface area contributed by atoms with E-state index in [-0.39, 0.29) is 5.75 Å². The van der Waals surface area contributed by atoms with Gasteiger partial charge in [-0.3, -0.25) is 0 Å². The lowest BCUT2D eigenvalue weighted by Crippen LogP contribution is -2.09. The molecule has 1 aromatic heterocycles. The number of aryl methyl sites for hydroxylation is 1. The van der Waals surface area contributed by atoms with Gasteiger partial charge in [-0.05, 0) is 25.5 Å². The van der Waals surface area contributed by atoms with Crippen molar-refractivity contribution in [2.45, 2.75) is 19.9 Å². The fourth-order valence-electron chi connectivity index (χ4n) is 2.13. The van der Waals surface area contributed by atoms with Crippen LogP contribution in [-0.2, 0) is 16.4 Å². The number of hydrogen-bond donors (Lipinski definition) is 1. The molecule has 1 aromatic carbocycles. The molecular formula is C13H19N3O3S. The molecule has 2 rings (SSSR count). The first kappa shape index (κ1) is 14.6. The zero-order chi connectivity index (χ0) is 14.8. The van der Waals surface area contributed by atoms with Crippen LogP contribution in [0.4, 0.5) is 5.95 Å². The van der Waals surface area contributed by atoms with Crippen LogP contribution in [0.1, 0.15) is 13.3 Å². The first-order chi connectivity index (χ1) is 9.42. The molecule has 1 heterocycles. The molecular weight excluding hydrogens is 278 g/mol. The van der Waals surface area contributed by atoms with E-state index in [2.05, 4.69) is 4.98 Å². The van der Waals surface area contributed by atoms with E-state index in [1.54, 1.807) is 0 Å². The highest BCUT2D eigenvalue weighted by Gasteiger charge is 2.12. The molecule has 2 aromatic rings. The number of rotatable bonds is 6. The minimum atomic E-state index is -2.96. The second-order valence-electron chi connectivity index (χ2n) is 4.66. The highest BCUT2D eigenvalue weighted by atomic mass is 32.2. The Morgan fingerprint density at radius 3 is 2.80 bits per heavy atom. The number of ether oxygens (including phenoxy) is 1. The molecule has 0 atom stereocenters. The van der Waals surface area contributed by atoms with Gasteiger partial charge in [-0.2, -0.15) is 0 Å². The molecule has 0 fully saturated rings. The summed E-state index contributed by atoms with van der Waals surface area (Å²) in [6.45, 7) is 2.98. The van der Waals surface area contributed by atoms with Crippen LogP contribution in [0.15, 0.2) is 18.2 Å². The summed E-state index contributed by atoms with van der Waals surface area (Å²) in [5.41, 5.74) is 7.49. The van der Waals surface area contributed by atoms with Crippen molar-refractivity contribution in [3.05, 3.63) is 18.2 Å². The predicted octanol–water partition coefficient (Wildman–Crippen LogP) is 1.45. The molecule has 0 amide bonds. The zero-order valence-corrected chi connectivity index (χ0v) is 12.5. The predicted molar refractivity (Wildman–Crippen MR) is 79.6 cm³/mol. The van der Waals surface area contributed by atoms with Gasteiger partial charge in [0, 0.05) is 12.8 Å². The van der Waals surface area contributed by atoms with Gasteiger partial charge in [-0.1, -0.05) is 6.07 Å². The number of anilines is 1. The minimum Gasteiger partial charge on any atom is -0.492 e. The SMILES string of the molecule is CCOc1cccc2c1nc(N)n2CCCS(C)(=O)=O. The fourth-order valence-corrected chi connectivity index (χ4v) is 2.78. The maximum absolute atomic E-state index is 11.2. The first-order valence-electron chi connectivity index (χ1n) is 6.47. The number of para-hydroxylation sites is 1. The van der Waals surface area contributed by atoms with Crippen LogP contribution in [0, 0.1) is 0 Å². The molecule has 7 heteroatoms. The monoisotopic (exact) mass is 297 g/mol. The molecule has 6 nitrogen and oxygen atoms in total. The maximum Gasteiger partial charge on any atom is 0.201 e. The van der Waals surface area contributed by atoms with Crippen molar-refractivity contribution in [1.29, 1.82) is 0 Å². The molecule has 0 radical (unpaired) electrons. The summed E-state index contributed by atoms with van der Waals surface area (Å²) in [5.74, 6) is 1.20. The normalized spacial score (nSPS) is 11.9. The van der Waals surface area contributed by atoms with Crippen LogP contribution < -0.4 is 10.5 Å². The van der Waals surface area contributed by atoms with Crippen LogP contribution in [0.3, 0.4) is 0 Å². The van der Waals surface area contributed by atoms with Gasteiger partial charge in [0.25, 0.3) is 0 Å². The number of hydrogen-bond acceptors (Lipinski definition) is 5. The van der Waals surface area contributed by atoms with Crippen LogP contribution in [0.25, 0.3) is 11.0 Å². The highest BCUT2D eigenvalue weighted by Crippen LogP contribution is 2.27. The number of fused-ring (bicyclic) bond motifs is 1. The van der Waals surface area contributed by atoms with Crippen LogP contribution in [0.2, 0.25) is 0 Å². The second kappa shape index (κ2) is 5.70. The van der Waals surface area contributed by atoms with Crippen molar-refractivity contribution in [2.75, 3.05) is 24.3 Å². The lowest BCUT2D eigenvalue weighted by molar-refractivity contribution is 0.343. The van der Waals surface area contributed by atoms with Gasteiger partial charge in [-0.15, -0.1) is 0 Å². The number of nitrogens with two attached hydrogens (primary N) is 1. The smallest absolute Gasteiger partial charge is 0.201 e. The summed E-state index contributed by atoms with van der Waals surface area (Å²) in [4.78, 5) is 4.31. The van der Waals surface area contributed by atoms with Crippen molar-refractivity contribution in [3.63, 3.8) is 0 Å². The minimum absolute atomic E-state index is 0.136. The van der Waals surface area contributed by atoms with E-state index >= 15 is 0 Å². The molecule has 0 aliphatic heterocycles. The summed E-state index contributed by atoms with van der Waals surface area (Å²) < 4.78 is 29.7. The number of aromatic nitrogens is 2. The molecule has 2 N–H and O–H groups in total. The molecule has 0 aliphatic rings. The third kappa shape index (κ3) is 3.22. The standard InChI is InChI=1S/C13H19N3O3S/c1-3-19-11-7-4-6-10-12(11)15-13(14)16(10)8-5-9-20(2,17)18/h4,6-7H,3,5,8-9H2,1-2H3,(H2,14,15). The lowest BCUT2D eigenvalue weighted by Gasteiger charge is -2.07. The van der Waals surface area contributed by atoms with Gasteiger partial charge in [0.1, 0.15) is 21.1 Å². The summed E-state index contributed by atoms with van der Waals surface area (Å²) in [7, 11) is -2.96. The first-order valence-corrected chi connectivity index (χ1v) is 8.53. The van der Waals surface area contributed by atoms with Gasteiger partial charge >= 0.3 is 0 Å². The van der Waals surface area contributed by atoms with Crippen molar-refractivity contribution in [3.8, 4) is 5.75 Å². The second-order valence-corrected chi connectivity index (χ2v) is 6.92. The number of sulfone groups is 1. The lowest BCUT2D eigenvalue weighted by atomic mass is 10.3. The van der Waals surface area contributed by atoms with Crippen molar-refractivity contribution < 1.29 is 13.2 Å². The van der Waals surface area contributed by atoms with E-state index in [0.717, 1.165) is 5.52 Å². The number of nitrogen functional groups attached to an aromatic ring is 1. The maximum atomic E-state index is 11.2. The van der Waals surface area contributed by atoms with Gasteiger partial charge in [0.2, 0.25) is 5.95 Å². The van der Waals surface area contributed by atoms with E-state index in [9.17, 15) is 8.42 Å². The molecule has 0 unspecified atom stereocenters. The molecule has 0 saturated carbocycles. The zero-order valence-electron chi connectivity index (χ0n) is 11.7.